The van der Waals surface area contributed by atoms with Gasteiger partial charge in [0.05, 0.1) is 5.92 Å². The van der Waals surface area contributed by atoms with Crippen LogP contribution in [-0.2, 0) is 0 Å². The van der Waals surface area contributed by atoms with Gasteiger partial charge in [-0.25, -0.2) is 9.50 Å². The van der Waals surface area contributed by atoms with Crippen LogP contribution in [0.1, 0.15) is 60.9 Å². The van der Waals surface area contributed by atoms with E-state index < -0.39 is 0 Å². The van der Waals surface area contributed by atoms with Crippen LogP contribution in [0.3, 0.4) is 0 Å². The van der Waals surface area contributed by atoms with E-state index in [1.165, 1.54) is 4.52 Å². The molecule has 0 aliphatic carbocycles. The van der Waals surface area contributed by atoms with Crippen molar-refractivity contribution < 1.29 is 9.32 Å². The molecule has 0 spiro atoms. The number of rotatable bonds is 3. The monoisotopic (exact) mass is 341 g/mol. The van der Waals surface area contributed by atoms with E-state index in [0.717, 1.165) is 12.8 Å². The Morgan fingerprint density at radius 3 is 3.00 bits per heavy atom. The largest absolute Gasteiger partial charge is 0.339 e. The smallest absolute Gasteiger partial charge is 0.293 e. The molecule has 3 aromatic heterocycles. The van der Waals surface area contributed by atoms with Crippen LogP contribution in [0.15, 0.2) is 23.0 Å². The third-order valence-corrected chi connectivity index (χ3v) is 4.34. The first kappa shape index (κ1) is 15.7. The summed E-state index contributed by atoms with van der Waals surface area (Å²) < 4.78 is 6.90. The first-order valence-corrected chi connectivity index (χ1v) is 8.42. The number of piperidine rings is 1. The van der Waals surface area contributed by atoms with Crippen molar-refractivity contribution in [3.8, 4) is 0 Å². The van der Waals surface area contributed by atoms with Gasteiger partial charge in [0.25, 0.3) is 11.7 Å². The summed E-state index contributed by atoms with van der Waals surface area (Å²) in [7, 11) is 0. The Morgan fingerprint density at radius 1 is 1.36 bits per heavy atom. The van der Waals surface area contributed by atoms with Crippen LogP contribution >= 0.6 is 0 Å². The maximum absolute atomic E-state index is 12.8. The SMILES string of the molecule is CC(C)c1noc([C@H]2CCCN(C(=O)c3nc4ncccn4n3)C2)n1. The van der Waals surface area contributed by atoms with Crippen molar-refractivity contribution >= 4 is 11.7 Å². The molecule has 130 valence electrons. The number of aromatic nitrogens is 6. The standard InChI is InChI=1S/C16H19N7O2/c1-10(2)12-18-14(25-21-12)11-5-3-7-22(9-11)15(24)13-19-16-17-6-4-8-23(16)20-13/h4,6,8,10-11H,3,5,7,9H2,1-2H3/t11-/m0/s1. The molecule has 4 rings (SSSR count). The molecule has 1 amide bonds. The van der Waals surface area contributed by atoms with Gasteiger partial charge in [-0.05, 0) is 18.9 Å². The Kier molecular flexibility index (Phi) is 3.90. The Hall–Kier alpha value is -2.84. The summed E-state index contributed by atoms with van der Waals surface area (Å²) in [6.07, 6.45) is 5.14. The van der Waals surface area contributed by atoms with E-state index in [2.05, 4.69) is 25.2 Å². The Labute approximate surface area is 144 Å². The molecule has 0 saturated carbocycles. The fourth-order valence-electron chi connectivity index (χ4n) is 2.98. The maximum Gasteiger partial charge on any atom is 0.293 e. The minimum absolute atomic E-state index is 0.0489. The third kappa shape index (κ3) is 2.97. The van der Waals surface area contributed by atoms with Crippen molar-refractivity contribution in [2.75, 3.05) is 13.1 Å². The summed E-state index contributed by atoms with van der Waals surface area (Å²) in [5, 5.41) is 8.24. The molecule has 1 saturated heterocycles. The van der Waals surface area contributed by atoms with Gasteiger partial charge in [0.2, 0.25) is 11.7 Å². The van der Waals surface area contributed by atoms with Gasteiger partial charge in [0.1, 0.15) is 0 Å². The number of amides is 1. The Bertz CT molecular complexity index is 868. The fourth-order valence-corrected chi connectivity index (χ4v) is 2.98. The van der Waals surface area contributed by atoms with Crippen LogP contribution in [0.4, 0.5) is 0 Å². The predicted molar refractivity (Wildman–Crippen MR) is 87.0 cm³/mol. The molecule has 0 bridgehead atoms. The molecule has 0 unspecified atom stereocenters. The number of likely N-dealkylation sites (tertiary alicyclic amines) is 1. The van der Waals surface area contributed by atoms with Crippen LogP contribution in [0.2, 0.25) is 0 Å². The summed E-state index contributed by atoms with van der Waals surface area (Å²) in [4.78, 5) is 27.3. The highest BCUT2D eigenvalue weighted by Crippen LogP contribution is 2.27. The van der Waals surface area contributed by atoms with Gasteiger partial charge in [0.15, 0.2) is 5.82 Å². The second-order valence-corrected chi connectivity index (χ2v) is 6.54. The lowest BCUT2D eigenvalue weighted by atomic mass is 9.98. The Morgan fingerprint density at radius 2 is 2.24 bits per heavy atom. The minimum Gasteiger partial charge on any atom is -0.339 e. The van der Waals surface area contributed by atoms with Gasteiger partial charge in [-0.3, -0.25) is 4.79 Å². The second-order valence-electron chi connectivity index (χ2n) is 6.54. The highest BCUT2D eigenvalue weighted by molar-refractivity contribution is 5.91. The molecule has 1 aliphatic heterocycles. The second kappa shape index (κ2) is 6.23. The summed E-state index contributed by atoms with van der Waals surface area (Å²) in [6.45, 7) is 5.24. The lowest BCUT2D eigenvalue weighted by Crippen LogP contribution is -2.39. The lowest BCUT2D eigenvalue weighted by molar-refractivity contribution is 0.0683. The first-order valence-electron chi connectivity index (χ1n) is 8.42. The normalized spacial score (nSPS) is 18.2. The van der Waals surface area contributed by atoms with Crippen molar-refractivity contribution in [1.82, 2.24) is 34.6 Å². The zero-order valence-corrected chi connectivity index (χ0v) is 14.2. The number of hydrogen-bond acceptors (Lipinski definition) is 7. The number of fused-ring (bicyclic) bond motifs is 1. The summed E-state index contributed by atoms with van der Waals surface area (Å²) in [6, 6.07) is 1.74. The van der Waals surface area contributed by atoms with Crippen LogP contribution in [0, 0.1) is 0 Å². The molecule has 9 heteroatoms. The summed E-state index contributed by atoms with van der Waals surface area (Å²) in [5.74, 6) is 1.95. The topological polar surface area (TPSA) is 102 Å². The predicted octanol–water partition coefficient (Wildman–Crippen LogP) is 1.65. The highest BCUT2D eigenvalue weighted by Gasteiger charge is 2.31. The number of nitrogens with zero attached hydrogens (tertiary/aromatic N) is 7. The number of carbonyl (C=O) groups excluding carboxylic acids is 1. The van der Waals surface area contributed by atoms with Crippen LogP contribution in [0.25, 0.3) is 5.78 Å². The average molecular weight is 341 g/mol. The zero-order chi connectivity index (χ0) is 17.4. The van der Waals surface area contributed by atoms with Crippen molar-refractivity contribution in [3.63, 3.8) is 0 Å². The van der Waals surface area contributed by atoms with Crippen LogP contribution < -0.4 is 0 Å². The van der Waals surface area contributed by atoms with E-state index in [4.69, 9.17) is 4.52 Å². The van der Waals surface area contributed by atoms with Crippen LogP contribution in [-0.4, -0.2) is 53.6 Å². The number of hydrogen-bond donors (Lipinski definition) is 0. The van der Waals surface area contributed by atoms with Crippen molar-refractivity contribution in [2.45, 2.75) is 38.5 Å². The van der Waals surface area contributed by atoms with Gasteiger partial charge in [-0.2, -0.15) is 9.97 Å². The average Bonchev–Trinajstić information content (AvgIpc) is 3.28. The van der Waals surface area contributed by atoms with Gasteiger partial charge >= 0.3 is 0 Å². The highest BCUT2D eigenvalue weighted by atomic mass is 16.5. The molecule has 3 aromatic rings. The molecule has 1 fully saturated rings. The van der Waals surface area contributed by atoms with Crippen molar-refractivity contribution in [2.24, 2.45) is 0 Å². The lowest BCUT2D eigenvalue weighted by Gasteiger charge is -2.30. The molecular formula is C16H19N7O2. The van der Waals surface area contributed by atoms with Crippen molar-refractivity contribution in [1.29, 1.82) is 0 Å². The third-order valence-electron chi connectivity index (χ3n) is 4.34. The molecule has 9 nitrogen and oxygen atoms in total. The van der Waals surface area contributed by atoms with E-state index in [0.29, 0.717) is 30.6 Å². The fraction of sp³-hybridized carbons (Fsp3) is 0.500. The van der Waals surface area contributed by atoms with E-state index in [1.807, 2.05) is 13.8 Å². The van der Waals surface area contributed by atoms with Gasteiger partial charge in [-0.1, -0.05) is 19.0 Å². The van der Waals surface area contributed by atoms with Gasteiger partial charge in [-0.15, -0.1) is 5.10 Å². The van der Waals surface area contributed by atoms with Crippen LogP contribution in [0.5, 0.6) is 0 Å². The molecule has 4 heterocycles. The summed E-state index contributed by atoms with van der Waals surface area (Å²) >= 11 is 0. The molecule has 1 atom stereocenters. The van der Waals surface area contributed by atoms with E-state index >= 15 is 0 Å². The van der Waals surface area contributed by atoms with E-state index in [1.54, 1.807) is 23.4 Å². The molecular weight excluding hydrogens is 322 g/mol. The van der Waals surface area contributed by atoms with Gasteiger partial charge in [0, 0.05) is 31.4 Å². The Balaban J connectivity index is 1.52. The number of carbonyl (C=O) groups is 1. The molecule has 0 radical (unpaired) electrons. The molecule has 0 N–H and O–H groups in total. The molecule has 25 heavy (non-hydrogen) atoms. The summed E-state index contributed by atoms with van der Waals surface area (Å²) in [5.41, 5.74) is 0. The van der Waals surface area contributed by atoms with E-state index in [9.17, 15) is 4.79 Å². The zero-order valence-electron chi connectivity index (χ0n) is 14.2. The molecule has 0 aromatic carbocycles. The first-order chi connectivity index (χ1) is 12.1. The maximum atomic E-state index is 12.8. The van der Waals surface area contributed by atoms with E-state index in [-0.39, 0.29) is 23.6 Å². The minimum atomic E-state index is -0.196. The van der Waals surface area contributed by atoms with Crippen molar-refractivity contribution in [3.05, 3.63) is 36.0 Å². The quantitative estimate of drug-likeness (QED) is 0.713. The molecule has 1 aliphatic rings. The van der Waals surface area contributed by atoms with Gasteiger partial charge < -0.3 is 9.42 Å².